The molecule has 5 unspecified atom stereocenters. The van der Waals surface area contributed by atoms with Crippen LogP contribution in [0.3, 0.4) is 0 Å². The average molecular weight is 637 g/mol. The lowest BCUT2D eigenvalue weighted by Gasteiger charge is -2.26. The van der Waals surface area contributed by atoms with Crippen LogP contribution in [0.15, 0.2) is 59.7 Å². The van der Waals surface area contributed by atoms with Crippen LogP contribution in [-0.4, -0.2) is 75.6 Å². The third-order valence-corrected chi connectivity index (χ3v) is 7.86. The Labute approximate surface area is 267 Å². The number of nitrogens with two attached hydrogens (primary N) is 3. The van der Waals surface area contributed by atoms with E-state index in [4.69, 9.17) is 17.2 Å². The predicted octanol–water partition coefficient (Wildman–Crippen LogP) is 0.625. The van der Waals surface area contributed by atoms with Gasteiger partial charge in [0.05, 0.1) is 6.04 Å². The zero-order valence-corrected chi connectivity index (χ0v) is 26.0. The number of aliphatic imine (C=N–C) groups is 1. The molecule has 0 saturated heterocycles. The van der Waals surface area contributed by atoms with Crippen LogP contribution in [0, 0.1) is 5.92 Å². The van der Waals surface area contributed by atoms with Crippen molar-refractivity contribution in [2.75, 3.05) is 6.54 Å². The van der Waals surface area contributed by atoms with Crippen molar-refractivity contribution in [2.24, 2.45) is 28.1 Å². The van der Waals surface area contributed by atoms with Crippen molar-refractivity contribution in [2.45, 2.75) is 70.1 Å². The van der Waals surface area contributed by atoms with Crippen LogP contribution in [0.4, 0.5) is 0 Å². The van der Waals surface area contributed by atoms with Gasteiger partial charge in [0.2, 0.25) is 17.7 Å². The van der Waals surface area contributed by atoms with Gasteiger partial charge in [-0.05, 0) is 48.1 Å². The Kier molecular flexibility index (Phi) is 12.9. The third-order valence-electron chi connectivity index (χ3n) is 7.86. The first kappa shape index (κ1) is 35.4. The maximum Gasteiger partial charge on any atom is 0.326 e. The molecule has 12 N–H and O–H groups in total. The van der Waals surface area contributed by atoms with E-state index in [2.05, 4.69) is 25.9 Å². The molecule has 0 aliphatic carbocycles. The number of benzene rings is 2. The number of carbonyl (C=O) groups is 4. The number of aromatic hydroxyl groups is 1. The summed E-state index contributed by atoms with van der Waals surface area (Å²) in [4.78, 5) is 59.6. The van der Waals surface area contributed by atoms with Crippen molar-refractivity contribution in [1.29, 1.82) is 0 Å². The molecule has 3 rings (SSSR count). The summed E-state index contributed by atoms with van der Waals surface area (Å²) in [6, 6.07) is 9.06. The highest BCUT2D eigenvalue weighted by atomic mass is 16.4. The molecule has 248 valence electrons. The quantitative estimate of drug-likeness (QED) is 0.0571. The van der Waals surface area contributed by atoms with Gasteiger partial charge in [0.1, 0.15) is 23.9 Å². The number of aromatic nitrogens is 1. The highest BCUT2D eigenvalue weighted by molar-refractivity contribution is 5.95. The summed E-state index contributed by atoms with van der Waals surface area (Å²) in [5, 5.41) is 28.4. The standard InChI is InChI=1S/C32H44N8O6/c1-3-18(2)27(33)30(44)40-26(16-20-17-37-23-8-5-4-7-22(20)23)29(43)39-25(15-19-10-12-21(41)13-11-19)28(42)38-24(31(45)46)9-6-14-36-32(34)35/h4-5,7-8,10-13,17-18,24-27,37,41H,3,6,9,14-16,33H2,1-2H3,(H,38,42)(H,39,43)(H,40,44)(H,45,46)(H4,34,35,36). The summed E-state index contributed by atoms with van der Waals surface area (Å²) >= 11 is 0. The van der Waals surface area contributed by atoms with Crippen molar-refractivity contribution in [1.82, 2.24) is 20.9 Å². The number of nitrogens with zero attached hydrogens (tertiary/aromatic N) is 1. The molecule has 0 aliphatic rings. The van der Waals surface area contributed by atoms with E-state index in [0.29, 0.717) is 12.0 Å². The van der Waals surface area contributed by atoms with Crippen molar-refractivity contribution in [3.05, 3.63) is 65.9 Å². The number of para-hydroxylation sites is 1. The lowest BCUT2D eigenvalue weighted by molar-refractivity contribution is -0.142. The van der Waals surface area contributed by atoms with Gasteiger partial charge in [-0.3, -0.25) is 19.4 Å². The number of hydrogen-bond donors (Lipinski definition) is 9. The van der Waals surface area contributed by atoms with Gasteiger partial charge in [-0.1, -0.05) is 50.6 Å². The number of amides is 3. The second-order valence-electron chi connectivity index (χ2n) is 11.3. The fraction of sp³-hybridized carbons (Fsp3) is 0.406. The van der Waals surface area contributed by atoms with Gasteiger partial charge in [-0.2, -0.15) is 0 Å². The summed E-state index contributed by atoms with van der Waals surface area (Å²) in [6.07, 6.45) is 2.78. The molecule has 3 aromatic rings. The Balaban J connectivity index is 1.88. The van der Waals surface area contributed by atoms with E-state index in [-0.39, 0.29) is 49.9 Å². The highest BCUT2D eigenvalue weighted by Gasteiger charge is 2.32. The maximum atomic E-state index is 13.9. The van der Waals surface area contributed by atoms with Gasteiger partial charge in [0.25, 0.3) is 0 Å². The minimum Gasteiger partial charge on any atom is -0.508 e. The minimum atomic E-state index is -1.28. The number of rotatable bonds is 17. The normalized spacial score (nSPS) is 14.3. The first-order chi connectivity index (χ1) is 21.9. The molecule has 3 amide bonds. The molecule has 46 heavy (non-hydrogen) atoms. The van der Waals surface area contributed by atoms with Gasteiger partial charge in [-0.15, -0.1) is 0 Å². The predicted molar refractivity (Wildman–Crippen MR) is 175 cm³/mol. The number of fused-ring (bicyclic) bond motifs is 1. The molecule has 14 nitrogen and oxygen atoms in total. The number of phenolic OH excluding ortho intramolecular Hbond substituents is 1. The molecule has 0 bridgehead atoms. The van der Waals surface area contributed by atoms with E-state index >= 15 is 0 Å². The monoisotopic (exact) mass is 636 g/mol. The molecule has 0 spiro atoms. The zero-order chi connectivity index (χ0) is 33.8. The Morgan fingerprint density at radius 1 is 0.891 bits per heavy atom. The number of carboxylic acid groups (broad SMARTS) is 1. The summed E-state index contributed by atoms with van der Waals surface area (Å²) in [5.41, 5.74) is 19.1. The van der Waals surface area contributed by atoms with Gasteiger partial charge in [0.15, 0.2) is 5.96 Å². The Bertz CT molecular complexity index is 1520. The van der Waals surface area contributed by atoms with E-state index in [0.717, 1.165) is 16.5 Å². The first-order valence-electron chi connectivity index (χ1n) is 15.2. The number of hydrogen-bond acceptors (Lipinski definition) is 7. The van der Waals surface area contributed by atoms with Gasteiger partial charge >= 0.3 is 5.97 Å². The third kappa shape index (κ3) is 10.2. The fourth-order valence-corrected chi connectivity index (χ4v) is 4.89. The van der Waals surface area contributed by atoms with Gasteiger partial charge in [-0.25, -0.2) is 4.79 Å². The van der Waals surface area contributed by atoms with Gasteiger partial charge in [0, 0.05) is 36.5 Å². The Morgan fingerprint density at radius 2 is 1.50 bits per heavy atom. The van der Waals surface area contributed by atoms with E-state index in [1.807, 2.05) is 38.1 Å². The topological polar surface area (TPSA) is 251 Å². The molecular weight excluding hydrogens is 592 g/mol. The fourth-order valence-electron chi connectivity index (χ4n) is 4.89. The number of phenols is 1. The zero-order valence-electron chi connectivity index (χ0n) is 26.0. The number of H-pyrrole nitrogens is 1. The van der Waals surface area contributed by atoms with Crippen LogP contribution in [-0.2, 0) is 32.0 Å². The van der Waals surface area contributed by atoms with Gasteiger partial charge < -0.3 is 48.3 Å². The maximum absolute atomic E-state index is 13.9. The van der Waals surface area contributed by atoms with E-state index in [1.54, 1.807) is 18.3 Å². The lowest BCUT2D eigenvalue weighted by Crippen LogP contribution is -2.58. The number of carbonyl (C=O) groups excluding carboxylic acids is 3. The van der Waals surface area contributed by atoms with Crippen LogP contribution in [0.2, 0.25) is 0 Å². The molecule has 0 radical (unpaired) electrons. The van der Waals surface area contributed by atoms with Crippen molar-refractivity contribution in [3.8, 4) is 5.75 Å². The number of aliphatic carboxylic acids is 1. The number of aromatic amines is 1. The molecular formula is C32H44N8O6. The van der Waals surface area contributed by atoms with E-state index in [1.165, 1.54) is 12.1 Å². The minimum absolute atomic E-state index is 0.0136. The summed E-state index contributed by atoms with van der Waals surface area (Å²) in [7, 11) is 0. The lowest BCUT2D eigenvalue weighted by atomic mass is 9.97. The Hall–Kier alpha value is -5.11. The average Bonchev–Trinajstić information content (AvgIpc) is 3.44. The smallest absolute Gasteiger partial charge is 0.326 e. The molecule has 2 aromatic carbocycles. The number of carboxylic acids is 1. The Morgan fingerprint density at radius 3 is 2.13 bits per heavy atom. The highest BCUT2D eigenvalue weighted by Crippen LogP contribution is 2.20. The van der Waals surface area contributed by atoms with Crippen LogP contribution in [0.25, 0.3) is 10.9 Å². The SMILES string of the molecule is CCC(C)C(N)C(=O)NC(Cc1c[nH]c2ccccc12)C(=O)NC(Cc1ccc(O)cc1)C(=O)NC(CCCN=C(N)N)C(=O)O. The van der Waals surface area contributed by atoms with E-state index in [9.17, 15) is 29.4 Å². The van der Waals surface area contributed by atoms with Crippen LogP contribution < -0.4 is 33.2 Å². The molecule has 0 aliphatic heterocycles. The first-order valence-corrected chi connectivity index (χ1v) is 15.2. The van der Waals surface area contributed by atoms with Crippen molar-refractivity contribution >= 4 is 40.6 Å². The second-order valence-corrected chi connectivity index (χ2v) is 11.3. The molecule has 1 heterocycles. The van der Waals surface area contributed by atoms with Crippen molar-refractivity contribution in [3.63, 3.8) is 0 Å². The van der Waals surface area contributed by atoms with Crippen LogP contribution >= 0.6 is 0 Å². The van der Waals surface area contributed by atoms with E-state index < -0.39 is 47.9 Å². The molecule has 0 fully saturated rings. The largest absolute Gasteiger partial charge is 0.508 e. The summed E-state index contributed by atoms with van der Waals surface area (Å²) in [6.45, 7) is 3.92. The van der Waals surface area contributed by atoms with Crippen LogP contribution in [0.1, 0.15) is 44.2 Å². The summed E-state index contributed by atoms with van der Waals surface area (Å²) in [5.74, 6) is -3.45. The van der Waals surface area contributed by atoms with Crippen LogP contribution in [0.5, 0.6) is 5.75 Å². The number of guanidine groups is 1. The molecule has 14 heteroatoms. The molecule has 5 atom stereocenters. The number of nitrogens with one attached hydrogen (secondary N) is 4. The van der Waals surface area contributed by atoms with Crippen molar-refractivity contribution < 1.29 is 29.4 Å². The summed E-state index contributed by atoms with van der Waals surface area (Å²) < 4.78 is 0. The molecule has 0 saturated carbocycles. The molecule has 1 aromatic heterocycles. The second kappa shape index (κ2) is 16.8.